The van der Waals surface area contributed by atoms with Gasteiger partial charge in [0.2, 0.25) is 0 Å². The van der Waals surface area contributed by atoms with E-state index in [0.717, 1.165) is 5.56 Å². The van der Waals surface area contributed by atoms with Crippen molar-refractivity contribution in [2.24, 2.45) is 0 Å². The van der Waals surface area contributed by atoms with Crippen molar-refractivity contribution >= 4 is 28.9 Å². The number of rotatable bonds is 3. The van der Waals surface area contributed by atoms with Gasteiger partial charge in [-0.3, -0.25) is 0 Å². The van der Waals surface area contributed by atoms with Crippen LogP contribution in [-0.2, 0) is 6.42 Å². The van der Waals surface area contributed by atoms with Crippen LogP contribution in [0, 0.1) is 0 Å². The highest BCUT2D eigenvalue weighted by molar-refractivity contribution is 6.31. The molecule has 106 valence electrons. The second kappa shape index (κ2) is 5.76. The summed E-state index contributed by atoms with van der Waals surface area (Å²) in [6.07, 6.45) is 0.499. The SMILES string of the molecule is Nc1cc(Cl)cc(-c2nc(Cc3ccccc3Cl)no2)c1. The molecule has 0 fully saturated rings. The van der Waals surface area contributed by atoms with Gasteiger partial charge in [0.1, 0.15) is 0 Å². The molecule has 0 aliphatic carbocycles. The number of halogens is 2. The Morgan fingerprint density at radius 2 is 1.90 bits per heavy atom. The molecule has 2 aromatic carbocycles. The van der Waals surface area contributed by atoms with Gasteiger partial charge in [-0.25, -0.2) is 0 Å². The Balaban J connectivity index is 1.88. The molecule has 6 heteroatoms. The Bertz CT molecular complexity index is 766. The molecule has 0 bridgehead atoms. The first-order valence-electron chi connectivity index (χ1n) is 6.24. The van der Waals surface area contributed by atoms with Crippen molar-refractivity contribution in [2.75, 3.05) is 5.73 Å². The zero-order valence-electron chi connectivity index (χ0n) is 10.9. The Kier molecular flexibility index (Phi) is 3.82. The molecule has 21 heavy (non-hydrogen) atoms. The highest BCUT2D eigenvalue weighted by Gasteiger charge is 2.11. The summed E-state index contributed by atoms with van der Waals surface area (Å²) < 4.78 is 5.25. The summed E-state index contributed by atoms with van der Waals surface area (Å²) in [6, 6.07) is 12.7. The van der Waals surface area contributed by atoms with Gasteiger partial charge in [0.25, 0.3) is 5.89 Å². The number of hydrogen-bond acceptors (Lipinski definition) is 4. The molecule has 1 aromatic heterocycles. The van der Waals surface area contributed by atoms with Crippen LogP contribution in [0.2, 0.25) is 10.0 Å². The number of anilines is 1. The van der Waals surface area contributed by atoms with Gasteiger partial charge in [-0.05, 0) is 29.8 Å². The first-order chi connectivity index (χ1) is 10.1. The lowest BCUT2D eigenvalue weighted by atomic mass is 10.1. The molecule has 0 unspecified atom stereocenters. The van der Waals surface area contributed by atoms with Crippen molar-refractivity contribution in [2.45, 2.75) is 6.42 Å². The van der Waals surface area contributed by atoms with E-state index in [1.807, 2.05) is 24.3 Å². The fourth-order valence-electron chi connectivity index (χ4n) is 1.99. The predicted molar refractivity (Wildman–Crippen MR) is 83.4 cm³/mol. The van der Waals surface area contributed by atoms with E-state index in [1.54, 1.807) is 18.2 Å². The van der Waals surface area contributed by atoms with Crippen LogP contribution in [0.15, 0.2) is 47.0 Å². The first kappa shape index (κ1) is 13.9. The van der Waals surface area contributed by atoms with Crippen LogP contribution < -0.4 is 5.73 Å². The Labute approximate surface area is 131 Å². The van der Waals surface area contributed by atoms with E-state index >= 15 is 0 Å². The minimum atomic E-state index is 0.381. The average molecular weight is 320 g/mol. The van der Waals surface area contributed by atoms with Gasteiger partial charge in [0.15, 0.2) is 5.82 Å². The van der Waals surface area contributed by atoms with Crippen molar-refractivity contribution in [1.82, 2.24) is 10.1 Å². The number of nitrogens with zero attached hydrogens (tertiary/aromatic N) is 2. The highest BCUT2D eigenvalue weighted by atomic mass is 35.5. The summed E-state index contributed by atoms with van der Waals surface area (Å²) in [5.74, 6) is 0.933. The monoisotopic (exact) mass is 319 g/mol. The molecule has 0 saturated carbocycles. The van der Waals surface area contributed by atoms with Crippen LogP contribution in [0.5, 0.6) is 0 Å². The van der Waals surface area contributed by atoms with Crippen molar-refractivity contribution in [3.63, 3.8) is 0 Å². The summed E-state index contributed by atoms with van der Waals surface area (Å²) in [5.41, 5.74) is 7.93. The molecule has 0 saturated heterocycles. The van der Waals surface area contributed by atoms with Gasteiger partial charge in [0, 0.05) is 27.7 Å². The van der Waals surface area contributed by atoms with Crippen molar-refractivity contribution in [1.29, 1.82) is 0 Å². The van der Waals surface area contributed by atoms with Crippen LogP contribution in [-0.4, -0.2) is 10.1 Å². The molecule has 0 aliphatic heterocycles. The molecule has 1 heterocycles. The van der Waals surface area contributed by atoms with E-state index in [1.165, 1.54) is 0 Å². The van der Waals surface area contributed by atoms with E-state index in [-0.39, 0.29) is 0 Å². The molecule has 0 atom stereocenters. The standard InChI is InChI=1S/C15H11Cl2N3O/c16-11-5-10(6-12(18)8-11)15-19-14(20-21-15)7-9-3-1-2-4-13(9)17/h1-6,8H,7,18H2. The molecular formula is C15H11Cl2N3O. The van der Waals surface area contributed by atoms with E-state index in [2.05, 4.69) is 10.1 Å². The van der Waals surface area contributed by atoms with Gasteiger partial charge in [-0.1, -0.05) is 46.6 Å². The number of hydrogen-bond donors (Lipinski definition) is 1. The van der Waals surface area contributed by atoms with E-state index in [0.29, 0.717) is 39.4 Å². The summed E-state index contributed by atoms with van der Waals surface area (Å²) in [5, 5.41) is 5.16. The molecule has 0 amide bonds. The van der Waals surface area contributed by atoms with Gasteiger partial charge in [0.05, 0.1) is 0 Å². The Morgan fingerprint density at radius 3 is 2.67 bits per heavy atom. The predicted octanol–water partition coefficient (Wildman–Crippen LogP) is 4.22. The maximum atomic E-state index is 6.12. The van der Waals surface area contributed by atoms with Crippen LogP contribution >= 0.6 is 23.2 Å². The Morgan fingerprint density at radius 1 is 1.10 bits per heavy atom. The van der Waals surface area contributed by atoms with Crippen LogP contribution in [0.25, 0.3) is 11.5 Å². The summed E-state index contributed by atoms with van der Waals surface area (Å²) in [4.78, 5) is 4.35. The first-order valence-corrected chi connectivity index (χ1v) is 7.00. The second-order valence-corrected chi connectivity index (χ2v) is 5.40. The zero-order valence-corrected chi connectivity index (χ0v) is 12.4. The van der Waals surface area contributed by atoms with Gasteiger partial charge >= 0.3 is 0 Å². The lowest BCUT2D eigenvalue weighted by molar-refractivity contribution is 0.424. The van der Waals surface area contributed by atoms with Crippen molar-refractivity contribution in [3.8, 4) is 11.5 Å². The average Bonchev–Trinajstić information content (AvgIpc) is 2.89. The summed E-state index contributed by atoms with van der Waals surface area (Å²) in [6.45, 7) is 0. The maximum absolute atomic E-state index is 6.12. The minimum absolute atomic E-state index is 0.381. The third-order valence-corrected chi connectivity index (χ3v) is 3.53. The fourth-order valence-corrected chi connectivity index (χ4v) is 2.44. The summed E-state index contributed by atoms with van der Waals surface area (Å²) >= 11 is 12.1. The topological polar surface area (TPSA) is 64.9 Å². The normalized spacial score (nSPS) is 10.8. The minimum Gasteiger partial charge on any atom is -0.399 e. The van der Waals surface area contributed by atoms with Gasteiger partial charge in [-0.15, -0.1) is 0 Å². The third kappa shape index (κ3) is 3.17. The van der Waals surface area contributed by atoms with Crippen LogP contribution in [0.1, 0.15) is 11.4 Å². The number of benzene rings is 2. The van der Waals surface area contributed by atoms with Gasteiger partial charge in [-0.2, -0.15) is 4.98 Å². The third-order valence-electron chi connectivity index (χ3n) is 2.94. The zero-order chi connectivity index (χ0) is 14.8. The van der Waals surface area contributed by atoms with Crippen LogP contribution in [0.4, 0.5) is 5.69 Å². The molecule has 4 nitrogen and oxygen atoms in total. The molecule has 0 spiro atoms. The highest BCUT2D eigenvalue weighted by Crippen LogP contribution is 2.25. The van der Waals surface area contributed by atoms with Crippen molar-refractivity contribution < 1.29 is 4.52 Å². The number of nitrogens with two attached hydrogens (primary N) is 1. The summed E-state index contributed by atoms with van der Waals surface area (Å²) in [7, 11) is 0. The molecule has 3 aromatic rings. The van der Waals surface area contributed by atoms with Crippen molar-refractivity contribution in [3.05, 3.63) is 63.9 Å². The molecule has 2 N–H and O–H groups in total. The number of nitrogen functional groups attached to an aromatic ring is 1. The van der Waals surface area contributed by atoms with E-state index < -0.39 is 0 Å². The fraction of sp³-hybridized carbons (Fsp3) is 0.0667. The van der Waals surface area contributed by atoms with Gasteiger partial charge < -0.3 is 10.3 Å². The largest absolute Gasteiger partial charge is 0.399 e. The molecule has 0 aliphatic rings. The maximum Gasteiger partial charge on any atom is 0.258 e. The second-order valence-electron chi connectivity index (χ2n) is 4.56. The van der Waals surface area contributed by atoms with E-state index in [4.69, 9.17) is 33.5 Å². The number of aromatic nitrogens is 2. The van der Waals surface area contributed by atoms with Crippen LogP contribution in [0.3, 0.4) is 0 Å². The smallest absolute Gasteiger partial charge is 0.258 e. The van der Waals surface area contributed by atoms with E-state index in [9.17, 15) is 0 Å². The Hall–Kier alpha value is -2.04. The quantitative estimate of drug-likeness (QED) is 0.734. The molecule has 3 rings (SSSR count). The lowest BCUT2D eigenvalue weighted by Gasteiger charge is -1.99. The molecule has 0 radical (unpaired) electrons. The molecular weight excluding hydrogens is 309 g/mol. The lowest BCUT2D eigenvalue weighted by Crippen LogP contribution is -1.92.